The van der Waals surface area contributed by atoms with E-state index in [0.717, 1.165) is 25.1 Å². The summed E-state index contributed by atoms with van der Waals surface area (Å²) >= 11 is 0. The minimum Gasteiger partial charge on any atom is -0.497 e. The fourth-order valence-electron chi connectivity index (χ4n) is 8.44. The molecule has 1 spiro atoms. The van der Waals surface area contributed by atoms with Crippen LogP contribution < -0.4 is 15.0 Å². The molecular formula is C41H58N4O5. The first-order chi connectivity index (χ1) is 23.9. The molecule has 4 aliphatic carbocycles. The molecule has 9 nitrogen and oxygen atoms in total. The average Bonchev–Trinajstić information content (AvgIpc) is 4.05. The van der Waals surface area contributed by atoms with Crippen molar-refractivity contribution in [2.45, 2.75) is 76.3 Å². The number of benzene rings is 2. The monoisotopic (exact) mass is 686 g/mol. The van der Waals surface area contributed by atoms with Crippen LogP contribution in [0.5, 0.6) is 5.75 Å². The van der Waals surface area contributed by atoms with Crippen LogP contribution in [0.15, 0.2) is 42.5 Å². The molecule has 9 heteroatoms. The normalized spacial score (nSPS) is 29.1. The number of carbonyl (C=O) groups excluding carboxylic acids is 4. The molecule has 0 bridgehead atoms. The average molecular weight is 687 g/mol. The van der Waals surface area contributed by atoms with Crippen LogP contribution in [0.25, 0.3) is 11.6 Å². The number of aldehydes is 1. The van der Waals surface area contributed by atoms with Crippen molar-refractivity contribution < 1.29 is 23.9 Å². The van der Waals surface area contributed by atoms with Crippen LogP contribution >= 0.6 is 0 Å². The van der Waals surface area contributed by atoms with E-state index in [9.17, 15) is 14.4 Å². The third-order valence-electron chi connectivity index (χ3n) is 11.3. The van der Waals surface area contributed by atoms with Gasteiger partial charge in [0.1, 0.15) is 24.6 Å². The molecule has 272 valence electrons. The Labute approximate surface area is 299 Å². The minimum absolute atomic E-state index is 0.00463. The molecule has 4 saturated carbocycles. The van der Waals surface area contributed by atoms with E-state index in [1.807, 2.05) is 32.8 Å². The largest absolute Gasteiger partial charge is 0.497 e. The summed E-state index contributed by atoms with van der Waals surface area (Å²) < 4.78 is 5.54. The number of hydrogen-bond acceptors (Lipinski definition) is 8. The van der Waals surface area contributed by atoms with Gasteiger partial charge in [-0.25, -0.2) is 0 Å². The van der Waals surface area contributed by atoms with Crippen LogP contribution in [-0.4, -0.2) is 103 Å². The van der Waals surface area contributed by atoms with E-state index in [2.05, 4.69) is 77.8 Å². The Kier molecular flexibility index (Phi) is 12.8. The van der Waals surface area contributed by atoms with Gasteiger partial charge in [0.05, 0.1) is 17.9 Å². The molecule has 1 saturated heterocycles. The molecule has 2 aromatic carbocycles. The second kappa shape index (κ2) is 16.5. The zero-order valence-electron chi connectivity index (χ0n) is 31.5. The van der Waals surface area contributed by atoms with Gasteiger partial charge in [-0.2, -0.15) is 0 Å². The first-order valence-corrected chi connectivity index (χ1v) is 17.9. The number of ether oxygens (including phenoxy) is 1. The lowest BCUT2D eigenvalue weighted by molar-refractivity contribution is -0.150. The Hall–Kier alpha value is -3.82. The van der Waals surface area contributed by atoms with Crippen molar-refractivity contribution in [3.05, 3.63) is 59.2 Å². The van der Waals surface area contributed by atoms with Crippen molar-refractivity contribution in [3.8, 4) is 5.75 Å². The van der Waals surface area contributed by atoms with E-state index >= 15 is 0 Å². The van der Waals surface area contributed by atoms with Crippen LogP contribution in [0.1, 0.15) is 80.9 Å². The van der Waals surface area contributed by atoms with Crippen molar-refractivity contribution in [2.24, 2.45) is 16.7 Å². The summed E-state index contributed by atoms with van der Waals surface area (Å²) in [7, 11) is 13.6. The molecule has 2 aliphatic heterocycles. The number of hydrogen-bond donors (Lipinski definition) is 1. The van der Waals surface area contributed by atoms with Gasteiger partial charge in [-0.1, -0.05) is 49.6 Å². The van der Waals surface area contributed by atoms with Crippen molar-refractivity contribution in [1.82, 2.24) is 15.1 Å². The van der Waals surface area contributed by atoms with Gasteiger partial charge in [0, 0.05) is 57.3 Å². The number of Topliss-reactive ketones (excluding diaryl/α,β-unsaturated/α-hetero) is 1. The molecule has 6 aliphatic rings. The zero-order valence-corrected chi connectivity index (χ0v) is 31.5. The Morgan fingerprint density at radius 2 is 1.66 bits per heavy atom. The zero-order chi connectivity index (χ0) is 36.8. The fourth-order valence-corrected chi connectivity index (χ4v) is 8.44. The summed E-state index contributed by atoms with van der Waals surface area (Å²) in [5, 5.41) is 2.39. The summed E-state index contributed by atoms with van der Waals surface area (Å²) in [5.41, 5.74) is 6.50. The van der Waals surface area contributed by atoms with Gasteiger partial charge in [-0.3, -0.25) is 14.5 Å². The molecule has 5 fully saturated rings. The highest BCUT2D eigenvalue weighted by Gasteiger charge is 2.81. The highest BCUT2D eigenvalue weighted by molar-refractivity contribution is 5.99. The molecule has 50 heavy (non-hydrogen) atoms. The number of likely N-dealkylation sites (tertiary alicyclic amines) is 1. The molecule has 1 N–H and O–H groups in total. The number of carbonyl (C=O) groups is 4. The van der Waals surface area contributed by atoms with Gasteiger partial charge in [0.25, 0.3) is 0 Å². The maximum Gasteiger partial charge on any atom is 0.216 e. The number of methoxy groups -OCH3 is 1. The van der Waals surface area contributed by atoms with Gasteiger partial charge in [0.2, 0.25) is 5.91 Å². The van der Waals surface area contributed by atoms with Crippen molar-refractivity contribution in [1.29, 1.82) is 0 Å². The van der Waals surface area contributed by atoms with Crippen LogP contribution in [0.2, 0.25) is 0 Å². The Morgan fingerprint density at radius 3 is 2.18 bits per heavy atom. The number of piperidine rings is 1. The molecule has 1 amide bonds. The second-order valence-corrected chi connectivity index (χ2v) is 15.1. The van der Waals surface area contributed by atoms with E-state index < -0.39 is 0 Å². The molecule has 8 rings (SSSR count). The molecule has 5 atom stereocenters. The van der Waals surface area contributed by atoms with E-state index in [4.69, 9.17) is 9.53 Å². The maximum atomic E-state index is 12.2. The second-order valence-electron chi connectivity index (χ2n) is 15.1. The van der Waals surface area contributed by atoms with Gasteiger partial charge in [0.15, 0.2) is 0 Å². The number of allylic oxidation sites excluding steroid dienone is 1. The number of anilines is 1. The first-order valence-electron chi connectivity index (χ1n) is 17.9. The third-order valence-corrected chi connectivity index (χ3v) is 11.3. The van der Waals surface area contributed by atoms with Gasteiger partial charge in [-0.05, 0) is 101 Å². The molecule has 0 radical (unpaired) electrons. The molecule has 5 unspecified atom stereocenters. The number of fused-ring (bicyclic) bond motifs is 4. The van der Waals surface area contributed by atoms with Crippen LogP contribution in [0.4, 0.5) is 5.69 Å². The molecule has 2 heterocycles. The van der Waals surface area contributed by atoms with Crippen molar-refractivity contribution >= 4 is 42.1 Å². The van der Waals surface area contributed by atoms with Gasteiger partial charge < -0.3 is 29.4 Å². The summed E-state index contributed by atoms with van der Waals surface area (Å²) in [6.07, 6.45) is 13.1. The van der Waals surface area contributed by atoms with E-state index in [1.54, 1.807) is 14.2 Å². The first kappa shape index (κ1) is 39.0. The Morgan fingerprint density at radius 1 is 1.02 bits per heavy atom. The van der Waals surface area contributed by atoms with E-state index in [0.29, 0.717) is 23.8 Å². The number of para-hydroxylation sites is 1. The van der Waals surface area contributed by atoms with E-state index in [1.165, 1.54) is 79.7 Å². The van der Waals surface area contributed by atoms with Crippen LogP contribution in [-0.2, 0) is 19.2 Å². The quantitative estimate of drug-likeness (QED) is 0.410. The summed E-state index contributed by atoms with van der Waals surface area (Å²) in [6, 6.07) is 16.5. The predicted octanol–water partition coefficient (Wildman–Crippen LogP) is 5.72. The number of nitrogens with one attached hydrogen (secondary N) is 1. The smallest absolute Gasteiger partial charge is 0.216 e. The molecule has 0 aromatic heterocycles. The Bertz CT molecular complexity index is 1550. The summed E-state index contributed by atoms with van der Waals surface area (Å²) in [5.74, 6) is 2.27. The summed E-state index contributed by atoms with van der Waals surface area (Å²) in [4.78, 5) is 47.6. The number of ketones is 1. The van der Waals surface area contributed by atoms with Crippen LogP contribution in [0.3, 0.4) is 0 Å². The number of amides is 1. The number of nitrogens with zero attached hydrogens (tertiary/aromatic N) is 3. The van der Waals surface area contributed by atoms with Crippen molar-refractivity contribution in [2.75, 3.05) is 60.8 Å². The topological polar surface area (TPSA) is 99.3 Å². The van der Waals surface area contributed by atoms with Gasteiger partial charge in [-0.15, -0.1) is 0 Å². The molecule has 2 aromatic rings. The van der Waals surface area contributed by atoms with Crippen molar-refractivity contribution in [3.63, 3.8) is 0 Å². The predicted molar refractivity (Wildman–Crippen MR) is 201 cm³/mol. The van der Waals surface area contributed by atoms with Crippen LogP contribution in [0, 0.1) is 16.7 Å². The van der Waals surface area contributed by atoms with E-state index in [-0.39, 0.29) is 22.7 Å². The lowest BCUT2D eigenvalue weighted by atomic mass is 9.68. The lowest BCUT2D eigenvalue weighted by Gasteiger charge is -2.52. The standard InChI is InChI=1S/C27H31NO2.C7H9NO.C3H7NO.C3H9N.CH2O/c1-28-17-27(18-29)16-25(27)24-15-21(30-2)13-12-20(24)14-23(19-8-4-3-5-9-19)22-10-6-7-11-26(22)28;1-8-4-2-6(9)7(4)3-5(7)8;1-3(5)4-2;1-4(2)3;1-2/h6-7,10-15,18-19,25H,3-5,8-9,16-17H2,1-2H3;4-5H,2-3H2,1H3;1-2H3,(H,4,5);1-3H3;1H2/b23-14+;;;;. The Balaban J connectivity index is 0.000000227. The maximum absolute atomic E-state index is 12.2. The third kappa shape index (κ3) is 7.89. The molecular weight excluding hydrogens is 628 g/mol. The minimum atomic E-state index is -0.306. The summed E-state index contributed by atoms with van der Waals surface area (Å²) in [6.45, 7) is 4.23. The highest BCUT2D eigenvalue weighted by atomic mass is 16.5. The van der Waals surface area contributed by atoms with Gasteiger partial charge >= 0.3 is 0 Å². The fraction of sp³-hybridized carbons (Fsp3) is 0.561. The number of rotatable bonds is 3. The SMILES string of the molecule is C=O.CN(C)C.CN1C2CC(=O)C23CC13.CNC(C)=O.COc1ccc2c(c1)C1CC1(C=O)CN(C)c1ccccc1/C(C1CCCCC1)=C/2. The highest BCUT2D eigenvalue weighted by Crippen LogP contribution is 2.70. The lowest BCUT2D eigenvalue weighted by Crippen LogP contribution is -2.65.